The van der Waals surface area contributed by atoms with Gasteiger partial charge in [-0.3, -0.25) is 0 Å². The van der Waals surface area contributed by atoms with Crippen LogP contribution in [0.1, 0.15) is 45.2 Å². The molecule has 4 aromatic carbocycles. The molecule has 160 valence electrons. The van der Waals surface area contributed by atoms with Gasteiger partial charge in [0.25, 0.3) is 0 Å². The molecule has 0 amide bonds. The number of hydrogen-bond donors (Lipinski definition) is 0. The van der Waals surface area contributed by atoms with Gasteiger partial charge in [-0.15, -0.1) is 11.6 Å². The fourth-order valence-corrected chi connectivity index (χ4v) is 8.69. The maximum absolute atomic E-state index is 7.56. The Kier molecular flexibility index (Phi) is 3.47. The molecular formula is C31H23ClO. The quantitative estimate of drug-likeness (QED) is 0.303. The highest BCUT2D eigenvalue weighted by atomic mass is 35.5. The Hall–Kier alpha value is -2.87. The first-order valence-electron chi connectivity index (χ1n) is 11.9. The van der Waals surface area contributed by atoms with Gasteiger partial charge in [-0.25, -0.2) is 0 Å². The van der Waals surface area contributed by atoms with E-state index < -0.39 is 11.2 Å². The van der Waals surface area contributed by atoms with Crippen LogP contribution in [-0.4, -0.2) is 5.38 Å². The van der Waals surface area contributed by atoms with Gasteiger partial charge in [-0.05, 0) is 33.4 Å². The zero-order chi connectivity index (χ0) is 21.8. The molecule has 4 aliphatic rings. The van der Waals surface area contributed by atoms with Gasteiger partial charge in [0, 0.05) is 29.0 Å². The van der Waals surface area contributed by atoms with E-state index >= 15 is 0 Å². The Morgan fingerprint density at radius 2 is 0.909 bits per heavy atom. The second kappa shape index (κ2) is 6.17. The van der Waals surface area contributed by atoms with E-state index in [0.717, 1.165) is 0 Å². The van der Waals surface area contributed by atoms with Gasteiger partial charge in [-0.1, -0.05) is 109 Å². The van der Waals surface area contributed by atoms with E-state index in [2.05, 4.69) is 109 Å². The minimum absolute atomic E-state index is 0.0850. The summed E-state index contributed by atoms with van der Waals surface area (Å²) in [5, 5.41) is 0.0850. The number of benzene rings is 4. The summed E-state index contributed by atoms with van der Waals surface area (Å²) in [4.78, 5) is 0. The van der Waals surface area contributed by atoms with E-state index in [-0.39, 0.29) is 29.0 Å². The molecule has 0 spiro atoms. The van der Waals surface area contributed by atoms with Crippen LogP contribution in [0.3, 0.4) is 0 Å². The molecular weight excluding hydrogens is 424 g/mol. The van der Waals surface area contributed by atoms with Gasteiger partial charge < -0.3 is 4.74 Å². The molecule has 0 radical (unpaired) electrons. The zero-order valence-corrected chi connectivity index (χ0v) is 18.8. The van der Waals surface area contributed by atoms with Gasteiger partial charge in [-0.2, -0.15) is 0 Å². The van der Waals surface area contributed by atoms with Gasteiger partial charge in [0.2, 0.25) is 0 Å². The standard InChI is InChI=1S/C31H23ClO/c32-29-25-21-15-7-8-16-22(21)26(29)28-27(25)30(19-11-3-1-4-12-19)23-17-9-10-18-24(23)31(28,33-30)20-13-5-2-6-14-20/h1-18,25-29H/t25-,26-,27-,28-,29?,30-,31+/m0/s1. The predicted octanol–water partition coefficient (Wildman–Crippen LogP) is 6.95. The molecule has 2 aliphatic heterocycles. The fraction of sp³-hybridized carbons (Fsp3) is 0.226. The highest BCUT2D eigenvalue weighted by Crippen LogP contribution is 2.80. The molecule has 2 heteroatoms. The molecule has 1 saturated carbocycles. The molecule has 7 atom stereocenters. The molecule has 1 saturated heterocycles. The van der Waals surface area contributed by atoms with Gasteiger partial charge in [0.15, 0.2) is 0 Å². The van der Waals surface area contributed by atoms with Crippen LogP contribution >= 0.6 is 11.6 Å². The Balaban J connectivity index is 1.51. The number of ether oxygens (including phenoxy) is 1. The number of alkyl halides is 1. The highest BCUT2D eigenvalue weighted by molar-refractivity contribution is 6.22. The fourth-order valence-electron chi connectivity index (χ4n) is 8.10. The van der Waals surface area contributed by atoms with Crippen molar-refractivity contribution in [2.75, 3.05) is 0 Å². The number of hydrogen-bond acceptors (Lipinski definition) is 1. The van der Waals surface area contributed by atoms with Gasteiger partial charge >= 0.3 is 0 Å². The summed E-state index contributed by atoms with van der Waals surface area (Å²) in [7, 11) is 0. The topological polar surface area (TPSA) is 9.23 Å². The maximum Gasteiger partial charge on any atom is 0.124 e. The third kappa shape index (κ3) is 1.94. The van der Waals surface area contributed by atoms with Crippen LogP contribution in [0.2, 0.25) is 0 Å². The van der Waals surface area contributed by atoms with Crippen LogP contribution in [0.15, 0.2) is 109 Å². The Morgan fingerprint density at radius 1 is 0.515 bits per heavy atom. The second-order valence-electron chi connectivity index (χ2n) is 10.0. The second-order valence-corrected chi connectivity index (χ2v) is 10.5. The van der Waals surface area contributed by atoms with Crippen molar-refractivity contribution in [1.29, 1.82) is 0 Å². The first-order chi connectivity index (χ1) is 16.3. The smallest absolute Gasteiger partial charge is 0.124 e. The maximum atomic E-state index is 7.56. The number of fused-ring (bicyclic) bond motifs is 15. The van der Waals surface area contributed by atoms with Crippen LogP contribution in [0.25, 0.3) is 0 Å². The van der Waals surface area contributed by atoms with E-state index in [0.29, 0.717) is 0 Å². The Bertz CT molecular complexity index is 1290. The van der Waals surface area contributed by atoms with E-state index in [1.807, 2.05) is 0 Å². The predicted molar refractivity (Wildman–Crippen MR) is 131 cm³/mol. The largest absolute Gasteiger partial charge is 0.349 e. The lowest BCUT2D eigenvalue weighted by atomic mass is 9.55. The van der Waals surface area contributed by atoms with Crippen molar-refractivity contribution in [1.82, 2.24) is 0 Å². The normalized spacial score (nSPS) is 36.5. The van der Waals surface area contributed by atoms with Gasteiger partial charge in [0.1, 0.15) is 11.2 Å². The van der Waals surface area contributed by atoms with E-state index in [4.69, 9.17) is 16.3 Å². The van der Waals surface area contributed by atoms with Crippen molar-refractivity contribution >= 4 is 11.6 Å². The molecule has 1 unspecified atom stereocenters. The first kappa shape index (κ1) is 18.5. The molecule has 0 aromatic heterocycles. The van der Waals surface area contributed by atoms with E-state index in [1.165, 1.54) is 33.4 Å². The number of rotatable bonds is 2. The van der Waals surface area contributed by atoms with Crippen LogP contribution in [0, 0.1) is 11.8 Å². The molecule has 1 nitrogen and oxygen atoms in total. The molecule has 4 bridgehead atoms. The molecule has 2 aliphatic carbocycles. The number of halogens is 1. The molecule has 0 N–H and O–H groups in total. The van der Waals surface area contributed by atoms with Crippen molar-refractivity contribution in [2.24, 2.45) is 11.8 Å². The summed E-state index contributed by atoms with van der Waals surface area (Å²) in [6.45, 7) is 0. The lowest BCUT2D eigenvalue weighted by Crippen LogP contribution is -2.42. The summed E-state index contributed by atoms with van der Waals surface area (Å²) >= 11 is 7.39. The molecule has 4 aromatic rings. The molecule has 2 heterocycles. The average molecular weight is 447 g/mol. The van der Waals surface area contributed by atoms with E-state index in [1.54, 1.807) is 0 Å². The Labute approximate surface area is 199 Å². The van der Waals surface area contributed by atoms with E-state index in [9.17, 15) is 0 Å². The summed E-state index contributed by atoms with van der Waals surface area (Å²) in [5.41, 5.74) is 6.97. The highest BCUT2D eigenvalue weighted by Gasteiger charge is 2.79. The van der Waals surface area contributed by atoms with Crippen LogP contribution in [0.4, 0.5) is 0 Å². The minimum atomic E-state index is -0.502. The summed E-state index contributed by atoms with van der Waals surface area (Å²) in [6.07, 6.45) is 0. The van der Waals surface area contributed by atoms with Crippen molar-refractivity contribution in [3.8, 4) is 0 Å². The van der Waals surface area contributed by atoms with Crippen molar-refractivity contribution in [3.05, 3.63) is 143 Å². The third-order valence-electron chi connectivity index (χ3n) is 8.95. The average Bonchev–Trinajstić information content (AvgIpc) is 3.57. The van der Waals surface area contributed by atoms with Gasteiger partial charge in [0.05, 0.1) is 0 Å². The lowest BCUT2D eigenvalue weighted by Gasteiger charge is -2.43. The summed E-state index contributed by atoms with van der Waals surface area (Å²) < 4.78 is 7.56. The van der Waals surface area contributed by atoms with Crippen molar-refractivity contribution < 1.29 is 4.74 Å². The molecule has 8 rings (SSSR count). The van der Waals surface area contributed by atoms with Crippen LogP contribution in [-0.2, 0) is 15.9 Å². The SMILES string of the molecule is ClC1[C@H]2c3ccccc3[C@H]1[C@H]1[C@H]2[C@]2(c3ccccc3)O[C@@]1(c1ccccc1)c1ccccc12. The molecule has 2 fully saturated rings. The summed E-state index contributed by atoms with van der Waals surface area (Å²) in [5.74, 6) is 1.13. The third-order valence-corrected chi connectivity index (χ3v) is 9.50. The Morgan fingerprint density at radius 3 is 1.36 bits per heavy atom. The lowest BCUT2D eigenvalue weighted by molar-refractivity contribution is -0.0638. The zero-order valence-electron chi connectivity index (χ0n) is 18.1. The summed E-state index contributed by atoms with van der Waals surface area (Å²) in [6, 6.07) is 39.6. The van der Waals surface area contributed by atoms with Crippen molar-refractivity contribution in [2.45, 2.75) is 28.4 Å². The van der Waals surface area contributed by atoms with Crippen molar-refractivity contribution in [3.63, 3.8) is 0 Å². The first-order valence-corrected chi connectivity index (χ1v) is 12.4. The van der Waals surface area contributed by atoms with Crippen LogP contribution in [0.5, 0.6) is 0 Å². The monoisotopic (exact) mass is 446 g/mol. The minimum Gasteiger partial charge on any atom is -0.349 e. The van der Waals surface area contributed by atoms with Crippen LogP contribution < -0.4 is 0 Å². The molecule has 33 heavy (non-hydrogen) atoms.